The van der Waals surface area contributed by atoms with E-state index >= 15 is 0 Å². The minimum atomic E-state index is -1.54. The third-order valence-corrected chi connectivity index (χ3v) is 1.93. The molecule has 0 bridgehead atoms. The summed E-state index contributed by atoms with van der Waals surface area (Å²) < 4.78 is 5.06. The monoisotopic (exact) mass is 208 g/mol. The van der Waals surface area contributed by atoms with E-state index in [0.717, 1.165) is 6.42 Å². The minimum absolute atomic E-state index is 0.0704. The van der Waals surface area contributed by atoms with Crippen LogP contribution in [0.2, 0.25) is 0 Å². The molecular weight excluding hydrogens is 188 g/mol. The van der Waals surface area contributed by atoms with Gasteiger partial charge in [-0.05, 0) is 13.3 Å². The smallest absolute Gasteiger partial charge is 0.114 e. The molecule has 0 aliphatic rings. The van der Waals surface area contributed by atoms with Crippen molar-refractivity contribution in [3.05, 3.63) is 0 Å². The molecular formula is C9H20O5. The highest BCUT2D eigenvalue weighted by Gasteiger charge is 2.35. The molecule has 0 rings (SSSR count). The number of aliphatic hydroxyl groups is 4. The van der Waals surface area contributed by atoms with Crippen LogP contribution in [0.25, 0.3) is 0 Å². The number of hydrogen-bond donors (Lipinski definition) is 4. The maximum Gasteiger partial charge on any atom is 0.114 e. The predicted octanol–water partition coefficient (Wildman–Crippen LogP) is -1.12. The van der Waals surface area contributed by atoms with E-state index in [1.807, 2.05) is 6.92 Å². The Labute approximate surface area is 83.9 Å². The van der Waals surface area contributed by atoms with Crippen molar-refractivity contribution in [3.8, 4) is 0 Å². The number of ether oxygens (including phenoxy) is 1. The molecule has 0 saturated heterocycles. The van der Waals surface area contributed by atoms with Gasteiger partial charge in [0.2, 0.25) is 0 Å². The Morgan fingerprint density at radius 2 is 1.93 bits per heavy atom. The van der Waals surface area contributed by atoms with E-state index in [1.54, 1.807) is 0 Å². The molecule has 5 nitrogen and oxygen atoms in total. The van der Waals surface area contributed by atoms with Crippen molar-refractivity contribution in [1.29, 1.82) is 0 Å². The van der Waals surface area contributed by atoms with E-state index < -0.39 is 24.4 Å². The fourth-order valence-electron chi connectivity index (χ4n) is 1.02. The highest BCUT2D eigenvalue weighted by molar-refractivity contribution is 4.86. The third-order valence-electron chi connectivity index (χ3n) is 1.93. The van der Waals surface area contributed by atoms with Gasteiger partial charge in [0, 0.05) is 6.61 Å². The van der Waals surface area contributed by atoms with E-state index in [2.05, 4.69) is 0 Å². The zero-order valence-corrected chi connectivity index (χ0v) is 8.68. The molecule has 0 radical (unpaired) electrons. The minimum Gasteiger partial charge on any atom is -0.394 e. The van der Waals surface area contributed by atoms with E-state index in [1.165, 1.54) is 6.92 Å². The van der Waals surface area contributed by atoms with Gasteiger partial charge in [0.15, 0.2) is 0 Å². The highest BCUT2D eigenvalue weighted by atomic mass is 16.5. The first-order valence-electron chi connectivity index (χ1n) is 4.72. The van der Waals surface area contributed by atoms with Crippen LogP contribution in [-0.4, -0.2) is 58.1 Å². The molecule has 0 aliphatic carbocycles. The van der Waals surface area contributed by atoms with Crippen LogP contribution in [0.3, 0.4) is 0 Å². The quantitative estimate of drug-likeness (QED) is 0.398. The molecule has 0 aromatic heterocycles. The van der Waals surface area contributed by atoms with Crippen molar-refractivity contribution in [2.75, 3.05) is 19.8 Å². The summed E-state index contributed by atoms with van der Waals surface area (Å²) in [6.45, 7) is 3.10. The lowest BCUT2D eigenvalue weighted by Crippen LogP contribution is -2.51. The van der Waals surface area contributed by atoms with E-state index in [9.17, 15) is 10.2 Å². The lowest BCUT2D eigenvalue weighted by Gasteiger charge is -2.31. The normalized spacial score (nSPS) is 20.1. The van der Waals surface area contributed by atoms with Crippen LogP contribution in [0.1, 0.15) is 20.3 Å². The van der Waals surface area contributed by atoms with Crippen LogP contribution in [0.4, 0.5) is 0 Å². The standard InChI is InChI=1S/C9H20O5/c1-3-4-14-6-9(2,13)8(12)7(11)5-10/h7-8,10-13H,3-6H2,1-2H3. The molecule has 0 aromatic rings. The molecule has 4 N–H and O–H groups in total. The zero-order valence-electron chi connectivity index (χ0n) is 8.68. The van der Waals surface area contributed by atoms with Gasteiger partial charge in [-0.2, -0.15) is 0 Å². The fourth-order valence-corrected chi connectivity index (χ4v) is 1.02. The zero-order chi connectivity index (χ0) is 11.2. The van der Waals surface area contributed by atoms with Crippen LogP contribution in [0.15, 0.2) is 0 Å². The first kappa shape index (κ1) is 13.8. The second-order valence-electron chi connectivity index (χ2n) is 3.60. The van der Waals surface area contributed by atoms with Gasteiger partial charge < -0.3 is 25.2 Å². The molecule has 5 heteroatoms. The molecule has 3 atom stereocenters. The molecule has 0 heterocycles. The maximum absolute atomic E-state index is 9.67. The summed E-state index contributed by atoms with van der Waals surface area (Å²) >= 11 is 0. The Hall–Kier alpha value is -0.200. The lowest BCUT2D eigenvalue weighted by atomic mass is 9.96. The van der Waals surface area contributed by atoms with Crippen LogP contribution < -0.4 is 0 Å². The van der Waals surface area contributed by atoms with Crippen molar-refractivity contribution < 1.29 is 25.2 Å². The van der Waals surface area contributed by atoms with Crippen LogP contribution in [-0.2, 0) is 4.74 Å². The predicted molar refractivity (Wildman–Crippen MR) is 50.8 cm³/mol. The first-order chi connectivity index (χ1) is 6.45. The van der Waals surface area contributed by atoms with Gasteiger partial charge in [-0.15, -0.1) is 0 Å². The second-order valence-corrected chi connectivity index (χ2v) is 3.60. The summed E-state index contributed by atoms with van der Waals surface area (Å²) in [7, 11) is 0. The Morgan fingerprint density at radius 1 is 1.36 bits per heavy atom. The molecule has 0 spiro atoms. The number of rotatable bonds is 7. The van der Waals surface area contributed by atoms with Gasteiger partial charge in [-0.3, -0.25) is 0 Å². The molecule has 0 fully saturated rings. The summed E-state index contributed by atoms with van der Waals surface area (Å²) in [5.74, 6) is 0. The summed E-state index contributed by atoms with van der Waals surface area (Å²) in [5, 5.41) is 36.8. The average Bonchev–Trinajstić information content (AvgIpc) is 2.15. The lowest BCUT2D eigenvalue weighted by molar-refractivity contribution is -0.153. The maximum atomic E-state index is 9.67. The summed E-state index contributed by atoms with van der Waals surface area (Å²) in [6, 6.07) is 0. The Morgan fingerprint density at radius 3 is 2.36 bits per heavy atom. The summed E-state index contributed by atoms with van der Waals surface area (Å²) in [5.41, 5.74) is -1.54. The van der Waals surface area contributed by atoms with Gasteiger partial charge >= 0.3 is 0 Å². The molecule has 0 amide bonds. The molecule has 0 aliphatic heterocycles. The topological polar surface area (TPSA) is 90.2 Å². The van der Waals surface area contributed by atoms with Crippen molar-refractivity contribution >= 4 is 0 Å². The van der Waals surface area contributed by atoms with Gasteiger partial charge in [0.1, 0.15) is 17.8 Å². The van der Waals surface area contributed by atoms with Gasteiger partial charge in [-0.1, -0.05) is 6.92 Å². The summed E-state index contributed by atoms with van der Waals surface area (Å²) in [4.78, 5) is 0. The second kappa shape index (κ2) is 6.31. The summed E-state index contributed by atoms with van der Waals surface area (Å²) in [6.07, 6.45) is -1.95. The Balaban J connectivity index is 4.01. The van der Waals surface area contributed by atoms with Crippen molar-refractivity contribution in [1.82, 2.24) is 0 Å². The Bertz CT molecular complexity index is 148. The van der Waals surface area contributed by atoms with Crippen molar-refractivity contribution in [2.24, 2.45) is 0 Å². The van der Waals surface area contributed by atoms with Crippen molar-refractivity contribution in [3.63, 3.8) is 0 Å². The van der Waals surface area contributed by atoms with Gasteiger partial charge in [0.25, 0.3) is 0 Å². The van der Waals surface area contributed by atoms with Crippen LogP contribution in [0, 0.1) is 0 Å². The molecule has 86 valence electrons. The molecule has 0 saturated carbocycles. The largest absolute Gasteiger partial charge is 0.394 e. The van der Waals surface area contributed by atoms with E-state index in [0.29, 0.717) is 6.61 Å². The van der Waals surface area contributed by atoms with Crippen LogP contribution in [0.5, 0.6) is 0 Å². The molecule has 0 aromatic carbocycles. The third kappa shape index (κ3) is 4.34. The average molecular weight is 208 g/mol. The molecule has 14 heavy (non-hydrogen) atoms. The first-order valence-corrected chi connectivity index (χ1v) is 4.72. The Kier molecular flexibility index (Phi) is 6.22. The molecule has 3 unspecified atom stereocenters. The number of hydrogen-bond acceptors (Lipinski definition) is 5. The van der Waals surface area contributed by atoms with E-state index in [4.69, 9.17) is 14.9 Å². The van der Waals surface area contributed by atoms with Gasteiger partial charge in [0.05, 0.1) is 13.2 Å². The highest BCUT2D eigenvalue weighted by Crippen LogP contribution is 2.14. The van der Waals surface area contributed by atoms with Crippen molar-refractivity contribution in [2.45, 2.75) is 38.1 Å². The fraction of sp³-hybridized carbons (Fsp3) is 1.00. The van der Waals surface area contributed by atoms with E-state index in [-0.39, 0.29) is 6.61 Å². The van der Waals surface area contributed by atoms with Crippen LogP contribution >= 0.6 is 0 Å². The SMILES string of the molecule is CCCOCC(C)(O)C(O)C(O)CO. The van der Waals surface area contributed by atoms with Gasteiger partial charge in [-0.25, -0.2) is 0 Å². The number of aliphatic hydroxyl groups excluding tert-OH is 3.